The van der Waals surface area contributed by atoms with Gasteiger partial charge in [-0.05, 0) is 36.4 Å². The maximum absolute atomic E-state index is 13.9. The van der Waals surface area contributed by atoms with Crippen molar-refractivity contribution in [3.63, 3.8) is 0 Å². The van der Waals surface area contributed by atoms with E-state index in [9.17, 15) is 4.39 Å². The number of rotatable bonds is 7. The predicted octanol–water partition coefficient (Wildman–Crippen LogP) is 4.00. The van der Waals surface area contributed by atoms with Crippen LogP contribution < -0.4 is 11.1 Å². The number of hydrogen-bond acceptors (Lipinski definition) is 2. The molecule has 0 aliphatic heterocycles. The van der Waals surface area contributed by atoms with E-state index in [-0.39, 0.29) is 11.9 Å². The fourth-order valence-corrected chi connectivity index (χ4v) is 2.96. The second-order valence-corrected chi connectivity index (χ2v) is 6.39. The van der Waals surface area contributed by atoms with Gasteiger partial charge in [0.15, 0.2) is 0 Å². The first-order valence-electron chi connectivity index (χ1n) is 7.25. The summed E-state index contributed by atoms with van der Waals surface area (Å²) in [5.41, 5.74) is 6.27. The summed E-state index contributed by atoms with van der Waals surface area (Å²) in [6.45, 7) is 9.96. The van der Waals surface area contributed by atoms with Crippen molar-refractivity contribution in [2.45, 2.75) is 33.7 Å². The number of nitrogens with one attached hydrogen (secondary N) is 1. The van der Waals surface area contributed by atoms with Crippen molar-refractivity contribution in [3.8, 4) is 0 Å². The quantitative estimate of drug-likeness (QED) is 0.799. The molecule has 0 aromatic heterocycles. The SMILES string of the molecule is CC(C)C(CNC(CN)c1c(F)cccc1Cl)C(C)C. The first-order valence-corrected chi connectivity index (χ1v) is 7.63. The highest BCUT2D eigenvalue weighted by Gasteiger charge is 2.22. The van der Waals surface area contributed by atoms with Crippen molar-refractivity contribution in [2.24, 2.45) is 23.5 Å². The maximum atomic E-state index is 13.9. The second-order valence-electron chi connectivity index (χ2n) is 5.98. The molecule has 0 radical (unpaired) electrons. The van der Waals surface area contributed by atoms with E-state index in [1.807, 2.05) is 0 Å². The van der Waals surface area contributed by atoms with Crippen LogP contribution in [-0.2, 0) is 0 Å². The fourth-order valence-electron chi connectivity index (χ4n) is 2.67. The topological polar surface area (TPSA) is 38.0 Å². The van der Waals surface area contributed by atoms with Gasteiger partial charge in [0.25, 0.3) is 0 Å². The van der Waals surface area contributed by atoms with Gasteiger partial charge in [-0.2, -0.15) is 0 Å². The highest BCUT2D eigenvalue weighted by atomic mass is 35.5. The zero-order chi connectivity index (χ0) is 15.3. The van der Waals surface area contributed by atoms with Crippen LogP contribution in [0.15, 0.2) is 18.2 Å². The third-order valence-electron chi connectivity index (χ3n) is 3.90. The summed E-state index contributed by atoms with van der Waals surface area (Å²) >= 11 is 6.11. The van der Waals surface area contributed by atoms with Gasteiger partial charge in [-0.25, -0.2) is 4.39 Å². The van der Waals surface area contributed by atoms with E-state index < -0.39 is 0 Å². The molecule has 0 amide bonds. The van der Waals surface area contributed by atoms with Crippen LogP contribution in [0.2, 0.25) is 5.02 Å². The summed E-state index contributed by atoms with van der Waals surface area (Å²) < 4.78 is 13.9. The number of nitrogens with two attached hydrogens (primary N) is 1. The minimum absolute atomic E-state index is 0.247. The van der Waals surface area contributed by atoms with Crippen LogP contribution in [0.25, 0.3) is 0 Å². The van der Waals surface area contributed by atoms with Crippen molar-refractivity contribution < 1.29 is 4.39 Å². The highest BCUT2D eigenvalue weighted by Crippen LogP contribution is 2.26. The average molecular weight is 301 g/mol. The van der Waals surface area contributed by atoms with Crippen LogP contribution in [0.4, 0.5) is 4.39 Å². The van der Waals surface area contributed by atoms with Crippen molar-refractivity contribution in [1.82, 2.24) is 5.32 Å². The Morgan fingerprint density at radius 2 is 1.80 bits per heavy atom. The standard InChI is InChI=1S/C16H26ClFN2/c1-10(2)12(11(3)4)9-20-15(8-19)16-13(17)6-5-7-14(16)18/h5-7,10-12,15,20H,8-9,19H2,1-4H3. The molecule has 3 N–H and O–H groups in total. The van der Waals surface area contributed by atoms with Crippen LogP contribution in [0.3, 0.4) is 0 Å². The van der Waals surface area contributed by atoms with Gasteiger partial charge in [0.1, 0.15) is 5.82 Å². The smallest absolute Gasteiger partial charge is 0.129 e. The van der Waals surface area contributed by atoms with Crippen LogP contribution in [0, 0.1) is 23.6 Å². The first-order chi connectivity index (χ1) is 9.38. The van der Waals surface area contributed by atoms with Gasteiger partial charge >= 0.3 is 0 Å². The third kappa shape index (κ3) is 4.44. The summed E-state index contributed by atoms with van der Waals surface area (Å²) in [6.07, 6.45) is 0. The monoisotopic (exact) mass is 300 g/mol. The Balaban J connectivity index is 2.82. The Kier molecular flexibility index (Phi) is 6.93. The normalized spacial score (nSPS) is 13.5. The Morgan fingerprint density at radius 3 is 2.25 bits per heavy atom. The molecular formula is C16H26ClFN2. The van der Waals surface area contributed by atoms with Gasteiger partial charge in [0.05, 0.1) is 0 Å². The van der Waals surface area contributed by atoms with Gasteiger partial charge in [-0.3, -0.25) is 0 Å². The lowest BCUT2D eigenvalue weighted by Gasteiger charge is -2.28. The lowest BCUT2D eigenvalue weighted by atomic mass is 9.85. The zero-order valence-corrected chi connectivity index (χ0v) is 13.5. The van der Waals surface area contributed by atoms with E-state index in [4.69, 9.17) is 17.3 Å². The van der Waals surface area contributed by atoms with Crippen LogP contribution >= 0.6 is 11.6 Å². The lowest BCUT2D eigenvalue weighted by molar-refractivity contribution is 0.265. The van der Waals surface area contributed by atoms with E-state index in [1.165, 1.54) is 6.07 Å². The van der Waals surface area contributed by atoms with Crippen LogP contribution in [0.1, 0.15) is 39.3 Å². The molecule has 0 spiro atoms. The first kappa shape index (κ1) is 17.4. The molecule has 2 nitrogen and oxygen atoms in total. The van der Waals surface area contributed by atoms with E-state index in [1.54, 1.807) is 12.1 Å². The Bertz CT molecular complexity index is 393. The number of benzene rings is 1. The molecule has 20 heavy (non-hydrogen) atoms. The average Bonchev–Trinajstić information content (AvgIpc) is 2.35. The van der Waals surface area contributed by atoms with Gasteiger partial charge < -0.3 is 11.1 Å². The van der Waals surface area contributed by atoms with Gasteiger partial charge in [-0.1, -0.05) is 45.4 Å². The summed E-state index contributed by atoms with van der Waals surface area (Å²) in [4.78, 5) is 0. The van der Waals surface area contributed by atoms with E-state index >= 15 is 0 Å². The van der Waals surface area contributed by atoms with Crippen molar-refractivity contribution in [3.05, 3.63) is 34.6 Å². The number of halogens is 2. The molecule has 0 saturated carbocycles. The minimum atomic E-state index is -0.300. The molecule has 1 atom stereocenters. The molecule has 0 aliphatic rings. The predicted molar refractivity (Wildman–Crippen MR) is 84.4 cm³/mol. The second kappa shape index (κ2) is 7.96. The molecule has 0 saturated heterocycles. The largest absolute Gasteiger partial charge is 0.329 e. The Labute approximate surface area is 126 Å². The van der Waals surface area contributed by atoms with E-state index in [2.05, 4.69) is 33.0 Å². The molecule has 1 aromatic carbocycles. The van der Waals surface area contributed by atoms with Crippen molar-refractivity contribution in [1.29, 1.82) is 0 Å². The van der Waals surface area contributed by atoms with Crippen molar-refractivity contribution >= 4 is 11.6 Å². The molecule has 4 heteroatoms. The minimum Gasteiger partial charge on any atom is -0.329 e. The molecule has 1 aromatic rings. The molecule has 114 valence electrons. The molecule has 0 bridgehead atoms. The third-order valence-corrected chi connectivity index (χ3v) is 4.23. The summed E-state index contributed by atoms with van der Waals surface area (Å²) in [5, 5.41) is 3.81. The Morgan fingerprint density at radius 1 is 1.20 bits per heavy atom. The Hall–Kier alpha value is -0.640. The molecule has 1 rings (SSSR count). The maximum Gasteiger partial charge on any atom is 0.129 e. The molecular weight excluding hydrogens is 275 g/mol. The fraction of sp³-hybridized carbons (Fsp3) is 0.625. The molecule has 0 fully saturated rings. The van der Waals surface area contributed by atoms with Gasteiger partial charge in [0, 0.05) is 23.2 Å². The lowest BCUT2D eigenvalue weighted by Crippen LogP contribution is -2.36. The van der Waals surface area contributed by atoms with Gasteiger partial charge in [-0.15, -0.1) is 0 Å². The number of hydrogen-bond donors (Lipinski definition) is 2. The van der Waals surface area contributed by atoms with Crippen LogP contribution in [0.5, 0.6) is 0 Å². The highest BCUT2D eigenvalue weighted by molar-refractivity contribution is 6.31. The van der Waals surface area contributed by atoms with Gasteiger partial charge in [0.2, 0.25) is 0 Å². The van der Waals surface area contributed by atoms with E-state index in [0.717, 1.165) is 6.54 Å². The molecule has 1 unspecified atom stereocenters. The van der Waals surface area contributed by atoms with Crippen molar-refractivity contribution in [2.75, 3.05) is 13.1 Å². The molecule has 0 heterocycles. The van der Waals surface area contributed by atoms with Crippen LogP contribution in [-0.4, -0.2) is 13.1 Å². The van der Waals surface area contributed by atoms with E-state index in [0.29, 0.717) is 34.9 Å². The zero-order valence-electron chi connectivity index (χ0n) is 12.8. The summed E-state index contributed by atoms with van der Waals surface area (Å²) in [6, 6.07) is 4.49. The molecule has 0 aliphatic carbocycles. The summed E-state index contributed by atoms with van der Waals surface area (Å²) in [7, 11) is 0. The summed E-state index contributed by atoms with van der Waals surface area (Å²) in [5.74, 6) is 1.36.